The quantitative estimate of drug-likeness (QED) is 0.848. The third-order valence-corrected chi connectivity index (χ3v) is 3.66. The zero-order valence-electron chi connectivity index (χ0n) is 12.1. The highest BCUT2D eigenvalue weighted by Crippen LogP contribution is 2.21. The van der Waals surface area contributed by atoms with Gasteiger partial charge in [-0.3, -0.25) is 14.6 Å². The molecule has 0 aliphatic carbocycles. The molecule has 5 heteroatoms. The Balaban J connectivity index is 2.18. The van der Waals surface area contributed by atoms with Gasteiger partial charge in [-0.25, -0.2) is 4.98 Å². The third kappa shape index (κ3) is 3.62. The number of amides is 1. The van der Waals surface area contributed by atoms with E-state index in [0.717, 1.165) is 31.4 Å². The van der Waals surface area contributed by atoms with Crippen LogP contribution in [0.15, 0.2) is 12.4 Å². The van der Waals surface area contributed by atoms with E-state index < -0.39 is 0 Å². The molecule has 1 aromatic heterocycles. The van der Waals surface area contributed by atoms with Crippen LogP contribution in [0.5, 0.6) is 0 Å². The van der Waals surface area contributed by atoms with E-state index in [4.69, 9.17) is 0 Å². The topological polar surface area (TPSA) is 63.2 Å². The van der Waals surface area contributed by atoms with Crippen molar-refractivity contribution in [3.05, 3.63) is 23.8 Å². The molecule has 1 amide bonds. The molecule has 0 saturated carbocycles. The second-order valence-corrected chi connectivity index (χ2v) is 5.45. The Morgan fingerprint density at radius 3 is 2.70 bits per heavy atom. The predicted octanol–water partition coefficient (Wildman–Crippen LogP) is 2.15. The van der Waals surface area contributed by atoms with Crippen LogP contribution < -0.4 is 0 Å². The Kier molecular flexibility index (Phi) is 4.82. The Morgan fingerprint density at radius 2 is 2.05 bits per heavy atom. The van der Waals surface area contributed by atoms with Crippen LogP contribution in [0.2, 0.25) is 0 Å². The van der Waals surface area contributed by atoms with Gasteiger partial charge >= 0.3 is 0 Å². The Morgan fingerprint density at radius 1 is 1.25 bits per heavy atom. The molecular weight excluding hydrogens is 254 g/mol. The molecule has 0 spiro atoms. The number of aromatic nitrogens is 2. The highest BCUT2D eigenvalue weighted by atomic mass is 16.2. The number of nitrogens with zero attached hydrogens (tertiary/aromatic N) is 3. The minimum absolute atomic E-state index is 0.00519. The summed E-state index contributed by atoms with van der Waals surface area (Å²) in [4.78, 5) is 34.1. The summed E-state index contributed by atoms with van der Waals surface area (Å²) >= 11 is 0. The summed E-state index contributed by atoms with van der Waals surface area (Å²) in [6, 6.07) is 0.00519. The first-order chi connectivity index (χ1) is 9.58. The number of likely N-dealkylation sites (tertiary alicyclic amines) is 1. The predicted molar refractivity (Wildman–Crippen MR) is 75.4 cm³/mol. The van der Waals surface area contributed by atoms with Crippen molar-refractivity contribution in [2.24, 2.45) is 0 Å². The molecule has 1 unspecified atom stereocenters. The van der Waals surface area contributed by atoms with E-state index >= 15 is 0 Å². The van der Waals surface area contributed by atoms with E-state index in [9.17, 15) is 9.59 Å². The molecule has 2 heterocycles. The number of carbonyl (C=O) groups is 2. The van der Waals surface area contributed by atoms with E-state index in [0.29, 0.717) is 18.7 Å². The summed E-state index contributed by atoms with van der Waals surface area (Å²) < 4.78 is 0. The molecule has 5 nitrogen and oxygen atoms in total. The van der Waals surface area contributed by atoms with E-state index in [-0.39, 0.29) is 17.7 Å². The average Bonchev–Trinajstić information content (AvgIpc) is 2.63. The van der Waals surface area contributed by atoms with Crippen LogP contribution in [0, 0.1) is 6.92 Å². The maximum Gasteiger partial charge on any atom is 0.274 e. The lowest BCUT2D eigenvalue weighted by Gasteiger charge is -2.29. The van der Waals surface area contributed by atoms with Gasteiger partial charge in [-0.05, 0) is 26.7 Å². The average molecular weight is 275 g/mol. The number of aryl methyl sites for hydroxylation is 1. The number of carbonyl (C=O) groups excluding carboxylic acids is 2. The zero-order valence-corrected chi connectivity index (χ0v) is 12.1. The summed E-state index contributed by atoms with van der Waals surface area (Å²) in [6.07, 6.45) is 7.62. The molecule has 1 aromatic rings. The van der Waals surface area contributed by atoms with Gasteiger partial charge in [-0.15, -0.1) is 0 Å². The number of ketones is 1. The molecule has 0 N–H and O–H groups in total. The summed E-state index contributed by atoms with van der Waals surface area (Å²) in [5, 5.41) is 0. The van der Waals surface area contributed by atoms with Crippen molar-refractivity contribution in [3.8, 4) is 0 Å². The first kappa shape index (κ1) is 14.6. The monoisotopic (exact) mass is 275 g/mol. The van der Waals surface area contributed by atoms with Crippen LogP contribution in [-0.4, -0.2) is 39.1 Å². The van der Waals surface area contributed by atoms with E-state index in [1.165, 1.54) is 6.20 Å². The van der Waals surface area contributed by atoms with Gasteiger partial charge in [0.25, 0.3) is 5.91 Å². The van der Waals surface area contributed by atoms with Crippen LogP contribution >= 0.6 is 0 Å². The Hall–Kier alpha value is -1.78. The summed E-state index contributed by atoms with van der Waals surface area (Å²) in [5.41, 5.74) is 1.16. The molecular formula is C15H21N3O2. The molecule has 1 saturated heterocycles. The van der Waals surface area contributed by atoms with E-state index in [2.05, 4.69) is 9.97 Å². The smallest absolute Gasteiger partial charge is 0.274 e. The summed E-state index contributed by atoms with van der Waals surface area (Å²) in [7, 11) is 0. The van der Waals surface area contributed by atoms with Gasteiger partial charge in [0.1, 0.15) is 11.5 Å². The SMILES string of the molecule is CC(=O)CC1CCCCCN1C(=O)c1cnc(C)cn1. The minimum Gasteiger partial charge on any atom is -0.334 e. The summed E-state index contributed by atoms with van der Waals surface area (Å²) in [5.74, 6) is 0.0235. The van der Waals surface area contributed by atoms with Crippen molar-refractivity contribution >= 4 is 11.7 Å². The number of hydrogen-bond acceptors (Lipinski definition) is 4. The van der Waals surface area contributed by atoms with Crippen molar-refractivity contribution in [3.63, 3.8) is 0 Å². The van der Waals surface area contributed by atoms with Gasteiger partial charge in [0, 0.05) is 25.2 Å². The molecule has 1 aliphatic rings. The molecule has 1 atom stereocenters. The lowest BCUT2D eigenvalue weighted by atomic mass is 10.0. The van der Waals surface area contributed by atoms with Gasteiger partial charge in [0.15, 0.2) is 0 Å². The molecule has 1 fully saturated rings. The standard InChI is InChI=1S/C15H21N3O2/c1-11-9-17-14(10-16-11)15(20)18-7-5-3-4-6-13(18)8-12(2)19/h9-10,13H,3-8H2,1-2H3. The van der Waals surface area contributed by atoms with Gasteiger partial charge in [-0.1, -0.05) is 12.8 Å². The molecule has 108 valence electrons. The fourth-order valence-electron chi connectivity index (χ4n) is 2.64. The Labute approximate surface area is 119 Å². The fourth-order valence-corrected chi connectivity index (χ4v) is 2.64. The lowest BCUT2D eigenvalue weighted by Crippen LogP contribution is -2.41. The zero-order chi connectivity index (χ0) is 14.5. The minimum atomic E-state index is -0.106. The van der Waals surface area contributed by atoms with E-state index in [1.54, 1.807) is 13.1 Å². The lowest BCUT2D eigenvalue weighted by molar-refractivity contribution is -0.118. The van der Waals surface area contributed by atoms with Gasteiger partial charge in [0.2, 0.25) is 0 Å². The molecule has 0 aromatic carbocycles. The summed E-state index contributed by atoms with van der Waals surface area (Å²) in [6.45, 7) is 4.12. The maximum atomic E-state index is 12.6. The fraction of sp³-hybridized carbons (Fsp3) is 0.600. The number of rotatable bonds is 3. The van der Waals surface area contributed by atoms with Gasteiger partial charge < -0.3 is 4.90 Å². The van der Waals surface area contributed by atoms with Crippen LogP contribution in [0.25, 0.3) is 0 Å². The third-order valence-electron chi connectivity index (χ3n) is 3.66. The van der Waals surface area contributed by atoms with Crippen LogP contribution in [0.1, 0.15) is 55.2 Å². The first-order valence-electron chi connectivity index (χ1n) is 7.17. The number of hydrogen-bond donors (Lipinski definition) is 0. The maximum absolute atomic E-state index is 12.6. The second-order valence-electron chi connectivity index (χ2n) is 5.45. The highest BCUT2D eigenvalue weighted by Gasteiger charge is 2.27. The Bertz CT molecular complexity index is 484. The molecule has 0 bridgehead atoms. The van der Waals surface area contributed by atoms with E-state index in [1.807, 2.05) is 11.8 Å². The van der Waals surface area contributed by atoms with Crippen LogP contribution in [-0.2, 0) is 4.79 Å². The largest absolute Gasteiger partial charge is 0.334 e. The number of Topliss-reactive ketones (excluding diaryl/α,β-unsaturated/α-hetero) is 1. The van der Waals surface area contributed by atoms with Gasteiger partial charge in [-0.2, -0.15) is 0 Å². The first-order valence-corrected chi connectivity index (χ1v) is 7.17. The van der Waals surface area contributed by atoms with Crippen molar-refractivity contribution < 1.29 is 9.59 Å². The van der Waals surface area contributed by atoms with Gasteiger partial charge in [0.05, 0.1) is 11.9 Å². The van der Waals surface area contributed by atoms with Crippen molar-refractivity contribution in [1.82, 2.24) is 14.9 Å². The van der Waals surface area contributed by atoms with Crippen molar-refractivity contribution in [1.29, 1.82) is 0 Å². The molecule has 2 rings (SSSR count). The molecule has 20 heavy (non-hydrogen) atoms. The molecule has 1 aliphatic heterocycles. The highest BCUT2D eigenvalue weighted by molar-refractivity contribution is 5.92. The molecule has 0 radical (unpaired) electrons. The van der Waals surface area contributed by atoms with Crippen LogP contribution in [0.4, 0.5) is 0 Å². The van der Waals surface area contributed by atoms with Crippen molar-refractivity contribution in [2.75, 3.05) is 6.54 Å². The van der Waals surface area contributed by atoms with Crippen molar-refractivity contribution in [2.45, 2.75) is 52.0 Å². The van der Waals surface area contributed by atoms with Crippen LogP contribution in [0.3, 0.4) is 0 Å². The second kappa shape index (κ2) is 6.59. The normalized spacial score (nSPS) is 19.5.